The molecule has 0 saturated carbocycles. The number of Topliss-reactive ketones (excluding diaryl/α,β-unsaturated/α-hetero) is 1. The van der Waals surface area contributed by atoms with Crippen molar-refractivity contribution in [3.8, 4) is 0 Å². The molecule has 1 aliphatic carbocycles. The molecule has 8 rings (SSSR count). The van der Waals surface area contributed by atoms with Gasteiger partial charge in [-0.25, -0.2) is 0 Å². The van der Waals surface area contributed by atoms with Crippen molar-refractivity contribution in [2.24, 2.45) is 0 Å². The van der Waals surface area contributed by atoms with Gasteiger partial charge in [-0.2, -0.15) is 0 Å². The Kier molecular flexibility index (Phi) is 17.2. The summed E-state index contributed by atoms with van der Waals surface area (Å²) in [6, 6.07) is 76.5. The van der Waals surface area contributed by atoms with Crippen LogP contribution in [-0.2, 0) is 4.79 Å². The van der Waals surface area contributed by atoms with Crippen molar-refractivity contribution in [1.82, 2.24) is 0 Å². The zero-order valence-electron chi connectivity index (χ0n) is 34.8. The third kappa shape index (κ3) is 10.9. The van der Waals surface area contributed by atoms with E-state index in [2.05, 4.69) is 249 Å². The van der Waals surface area contributed by atoms with E-state index in [0.29, 0.717) is 18.5 Å². The molecule has 0 spiro atoms. The Morgan fingerprint density at radius 2 is 0.774 bits per heavy atom. The van der Waals surface area contributed by atoms with E-state index in [1.807, 2.05) is 0 Å². The molecule has 1 aliphatic rings. The highest BCUT2D eigenvalue weighted by molar-refractivity contribution is 7.95. The van der Waals surface area contributed by atoms with E-state index in [0.717, 1.165) is 35.4 Å². The molecular weight excluding hydrogens is 922 g/mol. The number of hydrogen-bond acceptors (Lipinski definition) is 1. The van der Waals surface area contributed by atoms with Gasteiger partial charge in [0, 0.05) is 19.3 Å². The number of benzene rings is 7. The Morgan fingerprint density at radius 3 is 1.13 bits per heavy atom. The van der Waals surface area contributed by atoms with Crippen molar-refractivity contribution in [1.29, 1.82) is 0 Å². The predicted molar refractivity (Wildman–Crippen MR) is 264 cm³/mol. The molecular formula is C57H52Br2OP2. The zero-order chi connectivity index (χ0) is 40.9. The lowest BCUT2D eigenvalue weighted by atomic mass is 10.0. The first-order chi connectivity index (χ1) is 29.6. The van der Waals surface area contributed by atoms with E-state index in [9.17, 15) is 0 Å². The van der Waals surface area contributed by atoms with Crippen LogP contribution in [0.25, 0.3) is 12.2 Å². The van der Waals surface area contributed by atoms with Gasteiger partial charge >= 0.3 is 0 Å². The fraction of sp³-hybridized carbons (Fsp3) is 0.105. The highest BCUT2D eigenvalue weighted by atomic mass is 79.9. The number of halogens is 2. The maximum absolute atomic E-state index is 15.2. The van der Waals surface area contributed by atoms with Gasteiger partial charge in [0.05, 0.1) is 19.6 Å². The van der Waals surface area contributed by atoms with Crippen LogP contribution in [0.4, 0.5) is 0 Å². The molecule has 0 aromatic heterocycles. The average molecular weight is 975 g/mol. The Bertz CT molecular complexity index is 2420. The molecule has 0 aliphatic heterocycles. The van der Waals surface area contributed by atoms with Crippen LogP contribution >= 0.6 is 14.5 Å². The van der Waals surface area contributed by atoms with E-state index >= 15 is 4.79 Å². The molecule has 1 unspecified atom stereocenters. The molecule has 7 aromatic rings. The van der Waals surface area contributed by atoms with Crippen LogP contribution in [0, 0.1) is 0 Å². The smallest absolute Gasteiger partial charge is 0.141 e. The van der Waals surface area contributed by atoms with Crippen molar-refractivity contribution in [2.75, 3.05) is 12.3 Å². The quantitative estimate of drug-likeness (QED) is 0.108. The summed E-state index contributed by atoms with van der Waals surface area (Å²) in [6.07, 6.45) is 17.0. The van der Waals surface area contributed by atoms with E-state index in [4.69, 9.17) is 0 Å². The molecule has 0 amide bonds. The summed E-state index contributed by atoms with van der Waals surface area (Å²) in [5.74, 6) is 0.241. The van der Waals surface area contributed by atoms with Gasteiger partial charge in [0.15, 0.2) is 0 Å². The Morgan fingerprint density at radius 1 is 0.435 bits per heavy atom. The maximum atomic E-state index is 15.2. The Hall–Kier alpha value is -5.01. The Balaban J connectivity index is 0.00000321. The number of allylic oxidation sites excluding steroid dienone is 6. The normalized spacial score (nSPS) is 14.0. The fourth-order valence-electron chi connectivity index (χ4n) is 8.95. The molecule has 1 nitrogen and oxygen atoms in total. The van der Waals surface area contributed by atoms with Crippen LogP contribution in [0.1, 0.15) is 30.4 Å². The van der Waals surface area contributed by atoms with Crippen LogP contribution < -0.4 is 60.5 Å². The molecule has 7 aromatic carbocycles. The molecule has 310 valence electrons. The largest absolute Gasteiger partial charge is 1.00 e. The van der Waals surface area contributed by atoms with Crippen molar-refractivity contribution in [2.45, 2.75) is 24.9 Å². The summed E-state index contributed by atoms with van der Waals surface area (Å²) in [7, 11) is -4.40. The highest BCUT2D eigenvalue weighted by Crippen LogP contribution is 2.64. The van der Waals surface area contributed by atoms with Gasteiger partial charge in [-0.1, -0.05) is 182 Å². The van der Waals surface area contributed by atoms with Crippen LogP contribution in [0.2, 0.25) is 0 Å². The SMILES string of the molecule is O=C(C/C(=C\c1ccccc1)C[P+](c1ccccc1)(c1ccccc1)c1ccccc1)C/C(=C\c1ccccc1)C[P+](c1ccccc1)(c1ccccc1)C1C=CC=CC1.[Br-].[Br-]. The number of ketones is 1. The summed E-state index contributed by atoms with van der Waals surface area (Å²) in [5.41, 5.74) is 4.89. The summed E-state index contributed by atoms with van der Waals surface area (Å²) < 4.78 is 0. The lowest BCUT2D eigenvalue weighted by Crippen LogP contribution is -3.00. The molecule has 0 fully saturated rings. The topological polar surface area (TPSA) is 17.1 Å². The molecule has 0 bridgehead atoms. The minimum absolute atomic E-state index is 0. The second-order valence-corrected chi connectivity index (χ2v) is 22.8. The number of carbonyl (C=O) groups is 1. The molecule has 0 saturated heterocycles. The monoisotopic (exact) mass is 972 g/mol. The van der Waals surface area contributed by atoms with Gasteiger partial charge in [-0.05, 0) is 89.0 Å². The number of carbonyl (C=O) groups excluding carboxylic acids is 1. The second-order valence-electron chi connectivity index (χ2n) is 15.6. The molecule has 1 atom stereocenters. The van der Waals surface area contributed by atoms with Gasteiger partial charge < -0.3 is 34.0 Å². The standard InChI is InChI=1S/C57H52OP2.2BrH/c58-51(43-49(41-47-25-9-1-10-26-47)45-59(52-29-13-3-14-30-52,53-31-15-4-16-32-53)54-33-17-5-18-34-54)44-50(42-48-27-11-2-12-28-48)46-60(55-35-19-6-20-36-55,56-37-21-7-22-38-56)57-39-23-8-24-40-57;;/h1-39,41-42,57H,40,43-46H2;2*1H/q+2;;/p-2/b49-41+,50-42+;;. The van der Waals surface area contributed by atoms with Crippen LogP contribution in [0.15, 0.2) is 248 Å². The third-order valence-electron chi connectivity index (χ3n) is 11.6. The first-order valence-electron chi connectivity index (χ1n) is 21.0. The third-order valence-corrected chi connectivity index (χ3v) is 20.9. The summed E-state index contributed by atoms with van der Waals surface area (Å²) in [6.45, 7) is 0. The van der Waals surface area contributed by atoms with Crippen molar-refractivity contribution >= 4 is 59.0 Å². The number of rotatable bonds is 16. The fourth-order valence-corrected chi connectivity index (χ4v) is 18.0. The lowest BCUT2D eigenvalue weighted by molar-refractivity contribution is -0.117. The van der Waals surface area contributed by atoms with E-state index in [1.165, 1.54) is 32.1 Å². The summed E-state index contributed by atoms with van der Waals surface area (Å²) in [5, 5.41) is 6.69. The van der Waals surface area contributed by atoms with Crippen LogP contribution in [-0.4, -0.2) is 23.8 Å². The summed E-state index contributed by atoms with van der Waals surface area (Å²) >= 11 is 0. The number of hydrogen-bond donors (Lipinski definition) is 0. The van der Waals surface area contributed by atoms with Gasteiger partial charge in [-0.15, -0.1) is 0 Å². The van der Waals surface area contributed by atoms with Crippen LogP contribution in [0.5, 0.6) is 0 Å². The first kappa shape index (κ1) is 46.5. The molecule has 62 heavy (non-hydrogen) atoms. The van der Waals surface area contributed by atoms with Gasteiger partial charge in [0.25, 0.3) is 0 Å². The Labute approximate surface area is 391 Å². The highest BCUT2D eigenvalue weighted by Gasteiger charge is 2.50. The average Bonchev–Trinajstić information content (AvgIpc) is 3.32. The van der Waals surface area contributed by atoms with Crippen molar-refractivity contribution < 1.29 is 38.8 Å². The summed E-state index contributed by atoms with van der Waals surface area (Å²) in [4.78, 5) is 15.2. The van der Waals surface area contributed by atoms with E-state index in [1.54, 1.807) is 0 Å². The maximum Gasteiger partial charge on any atom is 0.141 e. The zero-order valence-corrected chi connectivity index (χ0v) is 39.8. The van der Waals surface area contributed by atoms with Gasteiger partial charge in [0.2, 0.25) is 0 Å². The van der Waals surface area contributed by atoms with Crippen LogP contribution in [0.3, 0.4) is 0 Å². The van der Waals surface area contributed by atoms with Gasteiger partial charge in [0.1, 0.15) is 45.2 Å². The molecule has 0 N–H and O–H groups in total. The first-order valence-corrected chi connectivity index (χ1v) is 25.0. The van der Waals surface area contributed by atoms with Crippen molar-refractivity contribution in [3.63, 3.8) is 0 Å². The van der Waals surface area contributed by atoms with E-state index < -0.39 is 14.5 Å². The minimum atomic E-state index is -2.27. The molecule has 5 heteroatoms. The minimum Gasteiger partial charge on any atom is -1.00 e. The lowest BCUT2D eigenvalue weighted by Gasteiger charge is -2.34. The predicted octanol–water partition coefficient (Wildman–Crippen LogP) is 6.06. The second kappa shape index (κ2) is 22.9. The van der Waals surface area contributed by atoms with Gasteiger partial charge in [-0.3, -0.25) is 4.79 Å². The molecule has 0 radical (unpaired) electrons. The van der Waals surface area contributed by atoms with E-state index in [-0.39, 0.29) is 39.7 Å². The van der Waals surface area contributed by atoms with Crippen molar-refractivity contribution in [3.05, 3.63) is 259 Å². The molecule has 0 heterocycles.